The molecule has 0 bridgehead atoms. The van der Waals surface area contributed by atoms with Gasteiger partial charge < -0.3 is 4.74 Å². The number of esters is 1. The molecule has 1 saturated heterocycles. The Morgan fingerprint density at radius 1 is 1.28 bits per heavy atom. The Bertz CT molecular complexity index is 351. The zero-order valence-corrected chi connectivity index (χ0v) is 12.2. The minimum atomic E-state index is -0.208. The van der Waals surface area contributed by atoms with Crippen LogP contribution in [0.3, 0.4) is 0 Å². The summed E-state index contributed by atoms with van der Waals surface area (Å²) < 4.78 is 5.30. The largest absolute Gasteiger partial charge is 0.461 e. The zero-order valence-electron chi connectivity index (χ0n) is 11.4. The number of ether oxygens (including phenoxy) is 1. The van der Waals surface area contributed by atoms with Crippen LogP contribution in [0.1, 0.15) is 44.0 Å². The normalized spacial score (nSPS) is 21.9. The summed E-state index contributed by atoms with van der Waals surface area (Å²) in [7, 11) is 0. The number of carbonyl (C=O) groups excluding carboxylic acids is 1. The van der Waals surface area contributed by atoms with E-state index in [9.17, 15) is 4.79 Å². The van der Waals surface area contributed by atoms with E-state index in [0.717, 1.165) is 6.42 Å². The van der Waals surface area contributed by atoms with Crippen molar-refractivity contribution in [2.24, 2.45) is 0 Å². The molecule has 1 aliphatic heterocycles. The predicted octanol–water partition coefficient (Wildman–Crippen LogP) is 4.15. The molecule has 1 unspecified atom stereocenters. The molecule has 100 valence electrons. The second kappa shape index (κ2) is 8.20. The summed E-state index contributed by atoms with van der Waals surface area (Å²) >= 11 is 1.93. The van der Waals surface area contributed by atoms with Gasteiger partial charge in [-0.15, -0.1) is 0 Å². The maximum Gasteiger partial charge on any atom is 0.338 e. The van der Waals surface area contributed by atoms with Crippen molar-refractivity contribution >= 4 is 17.7 Å². The van der Waals surface area contributed by atoms with E-state index in [2.05, 4.69) is 6.92 Å². The van der Waals surface area contributed by atoms with Gasteiger partial charge in [0.1, 0.15) is 6.61 Å². The van der Waals surface area contributed by atoms with Crippen LogP contribution in [0.5, 0.6) is 0 Å². The van der Waals surface area contributed by atoms with Gasteiger partial charge in [0.25, 0.3) is 0 Å². The van der Waals surface area contributed by atoms with Crippen molar-refractivity contribution in [1.29, 1.82) is 0 Å². The number of benzene rings is 1. The van der Waals surface area contributed by atoms with Crippen LogP contribution in [-0.2, 0) is 4.74 Å². The molecule has 0 spiro atoms. The van der Waals surface area contributed by atoms with Crippen LogP contribution in [0, 0.1) is 0 Å². The third-order valence-electron chi connectivity index (χ3n) is 2.73. The van der Waals surface area contributed by atoms with Crippen molar-refractivity contribution < 1.29 is 9.53 Å². The molecule has 0 amide bonds. The number of hydrogen-bond acceptors (Lipinski definition) is 3. The Kier molecular flexibility index (Phi) is 6.88. The zero-order chi connectivity index (χ0) is 13.4. The van der Waals surface area contributed by atoms with Crippen molar-refractivity contribution in [1.82, 2.24) is 0 Å². The van der Waals surface area contributed by atoms with E-state index in [1.807, 2.05) is 43.8 Å². The Morgan fingerprint density at radius 2 is 1.94 bits per heavy atom. The minimum absolute atomic E-state index is 0.208. The standard InChI is InChI=1S/C13H16O2S.C2H6/c1-10-7-8-12(16-10)9-15-13(14)11-5-3-2-4-6-11;1-2/h2-6,10,12H,7-9H2,1H3;1-2H3/t10?,12-;/m1./s1. The molecule has 1 aromatic rings. The lowest BCUT2D eigenvalue weighted by Crippen LogP contribution is -2.14. The van der Waals surface area contributed by atoms with Crippen LogP contribution < -0.4 is 0 Å². The molecule has 1 fully saturated rings. The van der Waals surface area contributed by atoms with Crippen molar-refractivity contribution in [3.63, 3.8) is 0 Å². The molecule has 1 aromatic carbocycles. The molecule has 2 nitrogen and oxygen atoms in total. The van der Waals surface area contributed by atoms with E-state index in [1.165, 1.54) is 6.42 Å². The summed E-state index contributed by atoms with van der Waals surface area (Å²) in [5, 5.41) is 1.20. The van der Waals surface area contributed by atoms with Gasteiger partial charge in [0.05, 0.1) is 5.56 Å². The van der Waals surface area contributed by atoms with Crippen molar-refractivity contribution in [2.75, 3.05) is 6.61 Å². The van der Waals surface area contributed by atoms with Crippen LogP contribution >= 0.6 is 11.8 Å². The maximum absolute atomic E-state index is 11.7. The first kappa shape index (κ1) is 15.1. The van der Waals surface area contributed by atoms with Gasteiger partial charge in [-0.05, 0) is 25.0 Å². The van der Waals surface area contributed by atoms with Gasteiger partial charge in [-0.3, -0.25) is 0 Å². The van der Waals surface area contributed by atoms with Gasteiger partial charge in [-0.25, -0.2) is 4.79 Å². The molecule has 0 N–H and O–H groups in total. The van der Waals surface area contributed by atoms with Gasteiger partial charge in [0.2, 0.25) is 0 Å². The highest BCUT2D eigenvalue weighted by molar-refractivity contribution is 8.00. The van der Waals surface area contributed by atoms with Gasteiger partial charge in [-0.1, -0.05) is 39.0 Å². The molecule has 2 rings (SSSR count). The molecule has 0 aliphatic carbocycles. The number of rotatable bonds is 3. The predicted molar refractivity (Wildman–Crippen MR) is 78.1 cm³/mol. The van der Waals surface area contributed by atoms with Crippen molar-refractivity contribution in [3.8, 4) is 0 Å². The van der Waals surface area contributed by atoms with E-state index >= 15 is 0 Å². The number of hydrogen-bond donors (Lipinski definition) is 0. The molecule has 18 heavy (non-hydrogen) atoms. The van der Waals surface area contributed by atoms with Crippen molar-refractivity contribution in [3.05, 3.63) is 35.9 Å². The first-order valence-corrected chi connectivity index (χ1v) is 7.57. The highest BCUT2D eigenvalue weighted by Crippen LogP contribution is 2.33. The first-order chi connectivity index (χ1) is 8.75. The maximum atomic E-state index is 11.7. The second-order valence-electron chi connectivity index (χ2n) is 4.11. The lowest BCUT2D eigenvalue weighted by Gasteiger charge is -2.10. The molecule has 3 heteroatoms. The van der Waals surface area contributed by atoms with E-state index in [0.29, 0.717) is 22.7 Å². The minimum Gasteiger partial charge on any atom is -0.461 e. The summed E-state index contributed by atoms with van der Waals surface area (Å²) in [4.78, 5) is 11.7. The van der Waals surface area contributed by atoms with Gasteiger partial charge in [-0.2, -0.15) is 11.8 Å². The van der Waals surface area contributed by atoms with E-state index < -0.39 is 0 Å². The monoisotopic (exact) mass is 266 g/mol. The molecule has 0 aromatic heterocycles. The summed E-state index contributed by atoms with van der Waals surface area (Å²) in [5.41, 5.74) is 0.638. The highest BCUT2D eigenvalue weighted by atomic mass is 32.2. The topological polar surface area (TPSA) is 26.3 Å². The van der Waals surface area contributed by atoms with Crippen molar-refractivity contribution in [2.45, 2.75) is 44.1 Å². The molecular formula is C15H22O2S. The van der Waals surface area contributed by atoms with Crippen LogP contribution in [0.25, 0.3) is 0 Å². The fraction of sp³-hybridized carbons (Fsp3) is 0.533. The van der Waals surface area contributed by atoms with Crippen LogP contribution in [-0.4, -0.2) is 23.1 Å². The van der Waals surface area contributed by atoms with Gasteiger partial charge in [0.15, 0.2) is 0 Å². The lowest BCUT2D eigenvalue weighted by molar-refractivity contribution is 0.0506. The SMILES string of the molecule is CC.CC1CC[C@H](COC(=O)c2ccccc2)S1. The van der Waals surface area contributed by atoms with Gasteiger partial charge in [0, 0.05) is 10.5 Å². The smallest absolute Gasteiger partial charge is 0.338 e. The van der Waals surface area contributed by atoms with E-state index in [-0.39, 0.29) is 5.97 Å². The summed E-state index contributed by atoms with van der Waals surface area (Å²) in [5.74, 6) is -0.208. The number of thioether (sulfide) groups is 1. The first-order valence-electron chi connectivity index (χ1n) is 6.63. The average Bonchev–Trinajstić information content (AvgIpc) is 2.85. The Labute approximate surface area is 114 Å². The Hall–Kier alpha value is -0.960. The van der Waals surface area contributed by atoms with Crippen LogP contribution in [0.2, 0.25) is 0 Å². The molecule has 1 aliphatic rings. The Balaban J connectivity index is 0.000000771. The average molecular weight is 266 g/mol. The molecular weight excluding hydrogens is 244 g/mol. The molecule has 2 atom stereocenters. The third kappa shape index (κ3) is 4.73. The summed E-state index contributed by atoms with van der Waals surface area (Å²) in [6.07, 6.45) is 2.39. The number of carbonyl (C=O) groups is 1. The quantitative estimate of drug-likeness (QED) is 0.769. The molecule has 0 radical (unpaired) electrons. The lowest BCUT2D eigenvalue weighted by atomic mass is 10.2. The van der Waals surface area contributed by atoms with E-state index in [1.54, 1.807) is 12.1 Å². The summed E-state index contributed by atoms with van der Waals surface area (Å²) in [6.45, 7) is 6.77. The Morgan fingerprint density at radius 3 is 2.50 bits per heavy atom. The molecule has 1 heterocycles. The van der Waals surface area contributed by atoms with Crippen LogP contribution in [0.15, 0.2) is 30.3 Å². The van der Waals surface area contributed by atoms with Gasteiger partial charge >= 0.3 is 5.97 Å². The van der Waals surface area contributed by atoms with E-state index in [4.69, 9.17) is 4.74 Å². The fourth-order valence-corrected chi connectivity index (χ4v) is 3.18. The third-order valence-corrected chi connectivity index (χ3v) is 4.19. The summed E-state index contributed by atoms with van der Waals surface area (Å²) in [6, 6.07) is 9.16. The van der Waals surface area contributed by atoms with Crippen LogP contribution in [0.4, 0.5) is 0 Å². The highest BCUT2D eigenvalue weighted by Gasteiger charge is 2.23. The fourth-order valence-electron chi connectivity index (χ4n) is 1.83. The second-order valence-corrected chi connectivity index (χ2v) is 5.85. The molecule has 0 saturated carbocycles.